The fourth-order valence-electron chi connectivity index (χ4n) is 3.62. The van der Waals surface area contributed by atoms with Crippen molar-refractivity contribution in [2.24, 2.45) is 0 Å². The van der Waals surface area contributed by atoms with E-state index >= 15 is 0 Å². The van der Waals surface area contributed by atoms with Gasteiger partial charge in [0, 0.05) is 18.2 Å². The Labute approximate surface area is 160 Å². The zero-order valence-corrected chi connectivity index (χ0v) is 16.4. The summed E-state index contributed by atoms with van der Waals surface area (Å²) in [6.07, 6.45) is 1.32. The SMILES string of the molecule is COc1ccc(C2CCCN2C(=O)C(C)Oc2cccc(C)c2)c(OC)c1. The highest BCUT2D eigenvalue weighted by molar-refractivity contribution is 5.81. The fourth-order valence-corrected chi connectivity index (χ4v) is 3.62. The number of carbonyl (C=O) groups excluding carboxylic acids is 1. The van der Waals surface area contributed by atoms with Gasteiger partial charge in [0.15, 0.2) is 6.10 Å². The van der Waals surface area contributed by atoms with Crippen molar-refractivity contribution in [2.75, 3.05) is 20.8 Å². The Morgan fingerprint density at radius 2 is 1.93 bits per heavy atom. The van der Waals surface area contributed by atoms with Crippen LogP contribution in [0.25, 0.3) is 0 Å². The molecule has 5 nitrogen and oxygen atoms in total. The Morgan fingerprint density at radius 3 is 2.63 bits per heavy atom. The van der Waals surface area contributed by atoms with E-state index in [0.717, 1.165) is 42.0 Å². The molecule has 2 aromatic carbocycles. The van der Waals surface area contributed by atoms with E-state index in [-0.39, 0.29) is 11.9 Å². The van der Waals surface area contributed by atoms with E-state index in [1.807, 2.05) is 61.2 Å². The van der Waals surface area contributed by atoms with Crippen molar-refractivity contribution >= 4 is 5.91 Å². The number of methoxy groups -OCH3 is 2. The summed E-state index contributed by atoms with van der Waals surface area (Å²) in [5.74, 6) is 2.19. The molecule has 1 aliphatic rings. The lowest BCUT2D eigenvalue weighted by Gasteiger charge is -2.29. The molecule has 1 heterocycles. The molecule has 0 saturated carbocycles. The van der Waals surface area contributed by atoms with Gasteiger partial charge in [0.05, 0.1) is 20.3 Å². The highest BCUT2D eigenvalue weighted by atomic mass is 16.5. The van der Waals surface area contributed by atoms with E-state index in [1.54, 1.807) is 14.2 Å². The first-order valence-corrected chi connectivity index (χ1v) is 9.29. The highest BCUT2D eigenvalue weighted by Crippen LogP contribution is 2.39. The second kappa shape index (κ2) is 8.33. The summed E-state index contributed by atoms with van der Waals surface area (Å²) in [6, 6.07) is 13.5. The number of ether oxygens (including phenoxy) is 3. The number of aryl methyl sites for hydroxylation is 1. The Kier molecular flexibility index (Phi) is 5.89. The average Bonchev–Trinajstić information content (AvgIpc) is 3.16. The zero-order valence-electron chi connectivity index (χ0n) is 16.4. The Balaban J connectivity index is 1.78. The normalized spacial score (nSPS) is 17.5. The lowest BCUT2D eigenvalue weighted by Crippen LogP contribution is -2.40. The molecule has 144 valence electrons. The molecule has 1 amide bonds. The summed E-state index contributed by atoms with van der Waals surface area (Å²) >= 11 is 0. The van der Waals surface area contributed by atoms with Crippen molar-refractivity contribution in [1.29, 1.82) is 0 Å². The molecule has 27 heavy (non-hydrogen) atoms. The molecule has 5 heteroatoms. The van der Waals surface area contributed by atoms with Crippen molar-refractivity contribution < 1.29 is 19.0 Å². The zero-order chi connectivity index (χ0) is 19.4. The summed E-state index contributed by atoms with van der Waals surface area (Å²) in [5.41, 5.74) is 2.11. The maximum Gasteiger partial charge on any atom is 0.263 e. The van der Waals surface area contributed by atoms with Gasteiger partial charge in [0.2, 0.25) is 0 Å². The summed E-state index contributed by atoms with van der Waals surface area (Å²) in [5, 5.41) is 0. The predicted octanol–water partition coefficient (Wildman–Crippen LogP) is 4.14. The number of carbonyl (C=O) groups is 1. The molecule has 0 N–H and O–H groups in total. The van der Waals surface area contributed by atoms with E-state index in [4.69, 9.17) is 14.2 Å². The number of rotatable bonds is 6. The molecule has 2 unspecified atom stereocenters. The number of benzene rings is 2. The molecule has 1 saturated heterocycles. The van der Waals surface area contributed by atoms with Gasteiger partial charge in [0.25, 0.3) is 5.91 Å². The van der Waals surface area contributed by atoms with Crippen molar-refractivity contribution in [1.82, 2.24) is 4.90 Å². The van der Waals surface area contributed by atoms with Crippen LogP contribution < -0.4 is 14.2 Å². The minimum Gasteiger partial charge on any atom is -0.497 e. The van der Waals surface area contributed by atoms with Crippen molar-refractivity contribution in [3.8, 4) is 17.2 Å². The molecule has 3 rings (SSSR count). The van der Waals surface area contributed by atoms with Gasteiger partial charge in [-0.2, -0.15) is 0 Å². The molecule has 0 radical (unpaired) electrons. The Morgan fingerprint density at radius 1 is 1.11 bits per heavy atom. The molecule has 0 spiro atoms. The summed E-state index contributed by atoms with van der Waals surface area (Å²) in [7, 11) is 3.27. The van der Waals surface area contributed by atoms with Gasteiger partial charge in [-0.15, -0.1) is 0 Å². The summed E-state index contributed by atoms with van der Waals surface area (Å²) < 4.78 is 16.7. The van der Waals surface area contributed by atoms with Crippen LogP contribution in [0.1, 0.15) is 36.9 Å². The van der Waals surface area contributed by atoms with E-state index < -0.39 is 6.10 Å². The second-order valence-corrected chi connectivity index (χ2v) is 6.87. The quantitative estimate of drug-likeness (QED) is 0.768. The van der Waals surface area contributed by atoms with Crippen LogP contribution in [0.3, 0.4) is 0 Å². The van der Waals surface area contributed by atoms with Crippen molar-refractivity contribution in [2.45, 2.75) is 38.8 Å². The van der Waals surface area contributed by atoms with Gasteiger partial charge < -0.3 is 19.1 Å². The van der Waals surface area contributed by atoms with Crippen molar-refractivity contribution in [3.63, 3.8) is 0 Å². The minimum absolute atomic E-state index is 0.00289. The van der Waals surface area contributed by atoms with Gasteiger partial charge >= 0.3 is 0 Å². The summed E-state index contributed by atoms with van der Waals surface area (Å²) in [6.45, 7) is 4.54. The third-order valence-electron chi connectivity index (χ3n) is 4.99. The standard InChI is InChI=1S/C22H27NO4/c1-15-7-5-8-18(13-15)27-16(2)22(24)23-12-6-9-20(23)19-11-10-17(25-3)14-21(19)26-4/h5,7-8,10-11,13-14,16,20H,6,9,12H2,1-4H3. The van der Waals surface area contributed by atoms with Crippen LogP contribution in [0, 0.1) is 6.92 Å². The van der Waals surface area contributed by atoms with Crippen LogP contribution >= 0.6 is 0 Å². The fraction of sp³-hybridized carbons (Fsp3) is 0.409. The molecule has 0 bridgehead atoms. The molecular weight excluding hydrogens is 342 g/mol. The highest BCUT2D eigenvalue weighted by Gasteiger charge is 2.34. The first-order valence-electron chi connectivity index (χ1n) is 9.29. The van der Waals surface area contributed by atoms with Gasteiger partial charge in [-0.05, 0) is 56.5 Å². The number of hydrogen-bond donors (Lipinski definition) is 0. The first kappa shape index (κ1) is 19.1. The van der Waals surface area contributed by atoms with Gasteiger partial charge in [-0.1, -0.05) is 12.1 Å². The van der Waals surface area contributed by atoms with Gasteiger partial charge in [-0.3, -0.25) is 4.79 Å². The number of hydrogen-bond acceptors (Lipinski definition) is 4. The molecule has 2 aromatic rings. The molecule has 0 aromatic heterocycles. The lowest BCUT2D eigenvalue weighted by molar-refractivity contribution is -0.138. The Bertz CT molecular complexity index is 805. The van der Waals surface area contributed by atoms with Gasteiger partial charge in [0.1, 0.15) is 17.2 Å². The number of nitrogens with zero attached hydrogens (tertiary/aromatic N) is 1. The first-order chi connectivity index (χ1) is 13.0. The van der Waals surface area contributed by atoms with Crippen LogP contribution in [0.15, 0.2) is 42.5 Å². The van der Waals surface area contributed by atoms with Crippen molar-refractivity contribution in [3.05, 3.63) is 53.6 Å². The van der Waals surface area contributed by atoms with Gasteiger partial charge in [-0.25, -0.2) is 0 Å². The van der Waals surface area contributed by atoms with Crippen LogP contribution in [-0.4, -0.2) is 37.7 Å². The van der Waals surface area contributed by atoms with Crippen LogP contribution in [0.5, 0.6) is 17.2 Å². The van der Waals surface area contributed by atoms with E-state index in [2.05, 4.69) is 0 Å². The third-order valence-corrected chi connectivity index (χ3v) is 4.99. The Hall–Kier alpha value is -2.69. The maximum absolute atomic E-state index is 13.1. The maximum atomic E-state index is 13.1. The molecule has 1 aliphatic heterocycles. The molecular formula is C22H27NO4. The minimum atomic E-state index is -0.545. The van der Waals surface area contributed by atoms with E-state index in [0.29, 0.717) is 5.75 Å². The molecule has 0 aliphatic carbocycles. The van der Waals surface area contributed by atoms with Crippen LogP contribution in [0.2, 0.25) is 0 Å². The number of amides is 1. The van der Waals surface area contributed by atoms with E-state index in [9.17, 15) is 4.79 Å². The second-order valence-electron chi connectivity index (χ2n) is 6.87. The van der Waals surface area contributed by atoms with Crippen LogP contribution in [-0.2, 0) is 4.79 Å². The largest absolute Gasteiger partial charge is 0.497 e. The summed E-state index contributed by atoms with van der Waals surface area (Å²) in [4.78, 5) is 15.0. The predicted molar refractivity (Wildman–Crippen MR) is 105 cm³/mol. The molecule has 2 atom stereocenters. The topological polar surface area (TPSA) is 48.0 Å². The lowest BCUT2D eigenvalue weighted by atomic mass is 10.0. The monoisotopic (exact) mass is 369 g/mol. The van der Waals surface area contributed by atoms with Crippen LogP contribution in [0.4, 0.5) is 0 Å². The smallest absolute Gasteiger partial charge is 0.263 e. The average molecular weight is 369 g/mol. The molecule has 1 fully saturated rings. The third kappa shape index (κ3) is 4.18. The van der Waals surface area contributed by atoms with E-state index in [1.165, 1.54) is 0 Å². The number of likely N-dealkylation sites (tertiary alicyclic amines) is 1.